The molecule has 182 valence electrons. The molecule has 1 aromatic heterocycles. The first-order valence-corrected chi connectivity index (χ1v) is 11.9. The predicted octanol–water partition coefficient (Wildman–Crippen LogP) is 3.34. The molecule has 1 saturated carbocycles. The monoisotopic (exact) mass is 476 g/mol. The van der Waals surface area contributed by atoms with Crippen molar-refractivity contribution in [3.8, 4) is 0 Å². The maximum atomic E-state index is 13.1. The summed E-state index contributed by atoms with van der Waals surface area (Å²) in [7, 11) is 3.84. The molecule has 2 heterocycles. The van der Waals surface area contributed by atoms with Gasteiger partial charge in [0.2, 0.25) is 0 Å². The lowest BCUT2D eigenvalue weighted by Gasteiger charge is -2.29. The number of hydrogen-bond acceptors (Lipinski definition) is 6. The lowest BCUT2D eigenvalue weighted by atomic mass is 9.94. The SMILES string of the molecule is CN(C)CCn1c(=O)oc2ccc(NC(=O)c3ccc4c(c3)C(=O)N(C3CCCCC3)C4=O)cc21. The number of oxazole rings is 1. The number of nitrogens with zero attached hydrogens (tertiary/aromatic N) is 3. The fraction of sp³-hybridized carbons (Fsp3) is 0.385. The lowest BCUT2D eigenvalue weighted by molar-refractivity contribution is 0.0548. The van der Waals surface area contributed by atoms with E-state index in [4.69, 9.17) is 4.42 Å². The number of amides is 3. The van der Waals surface area contributed by atoms with Gasteiger partial charge >= 0.3 is 5.76 Å². The molecule has 0 spiro atoms. The van der Waals surface area contributed by atoms with Crippen molar-refractivity contribution in [3.63, 3.8) is 0 Å². The molecular formula is C26H28N4O5. The number of hydrogen-bond donors (Lipinski definition) is 1. The molecule has 3 aromatic rings. The van der Waals surface area contributed by atoms with Gasteiger partial charge in [-0.15, -0.1) is 0 Å². The van der Waals surface area contributed by atoms with Gasteiger partial charge in [-0.3, -0.25) is 23.9 Å². The Morgan fingerprint density at radius 1 is 1.00 bits per heavy atom. The molecule has 1 aliphatic carbocycles. The van der Waals surface area contributed by atoms with Crippen molar-refractivity contribution < 1.29 is 18.8 Å². The number of benzene rings is 2. The topological polar surface area (TPSA) is 105 Å². The van der Waals surface area contributed by atoms with Crippen molar-refractivity contribution in [2.24, 2.45) is 0 Å². The highest BCUT2D eigenvalue weighted by atomic mass is 16.4. The molecule has 35 heavy (non-hydrogen) atoms. The van der Waals surface area contributed by atoms with E-state index in [1.54, 1.807) is 30.3 Å². The Hall–Kier alpha value is -3.72. The molecule has 0 atom stereocenters. The Morgan fingerprint density at radius 2 is 1.74 bits per heavy atom. The van der Waals surface area contributed by atoms with Gasteiger partial charge in [0, 0.05) is 30.4 Å². The first kappa shape index (κ1) is 23.0. The zero-order valence-corrected chi connectivity index (χ0v) is 19.9. The minimum absolute atomic E-state index is 0.0692. The van der Waals surface area contributed by atoms with E-state index < -0.39 is 11.7 Å². The number of rotatable bonds is 6. The predicted molar refractivity (Wildman–Crippen MR) is 131 cm³/mol. The molecule has 1 fully saturated rings. The maximum Gasteiger partial charge on any atom is 0.419 e. The normalized spacial score (nSPS) is 16.4. The van der Waals surface area contributed by atoms with Crippen molar-refractivity contribution in [3.05, 3.63) is 63.6 Å². The lowest BCUT2D eigenvalue weighted by Crippen LogP contribution is -2.40. The highest BCUT2D eigenvalue weighted by Gasteiger charge is 2.40. The summed E-state index contributed by atoms with van der Waals surface area (Å²) in [5.41, 5.74) is 2.43. The molecular weight excluding hydrogens is 448 g/mol. The number of nitrogens with one attached hydrogen (secondary N) is 1. The van der Waals surface area contributed by atoms with Crippen LogP contribution >= 0.6 is 0 Å². The van der Waals surface area contributed by atoms with Gasteiger partial charge in [0.15, 0.2) is 5.58 Å². The Kier molecular flexibility index (Phi) is 6.02. The Balaban J connectivity index is 1.37. The number of carbonyl (C=O) groups excluding carboxylic acids is 3. The van der Waals surface area contributed by atoms with Crippen LogP contribution in [0.3, 0.4) is 0 Å². The van der Waals surface area contributed by atoms with Crippen LogP contribution in [-0.4, -0.2) is 58.8 Å². The quantitative estimate of drug-likeness (QED) is 0.547. The number of aromatic nitrogens is 1. The summed E-state index contributed by atoms with van der Waals surface area (Å²) in [6, 6.07) is 9.55. The number of anilines is 1. The average Bonchev–Trinajstić information content (AvgIpc) is 3.29. The number of likely N-dealkylation sites (N-methyl/N-ethyl adjacent to an activating group) is 1. The Bertz CT molecular complexity index is 1380. The van der Waals surface area contributed by atoms with Crippen molar-refractivity contribution >= 4 is 34.5 Å². The molecule has 9 heteroatoms. The molecule has 3 amide bonds. The molecule has 2 aromatic carbocycles. The van der Waals surface area contributed by atoms with Crippen LogP contribution in [0.5, 0.6) is 0 Å². The van der Waals surface area contributed by atoms with Crippen LogP contribution in [-0.2, 0) is 6.54 Å². The standard InChI is InChI=1S/C26H28N4O5/c1-28(2)12-13-29-21-15-17(9-11-22(21)35-26(29)34)27-23(31)16-8-10-19-20(14-16)25(33)30(24(19)32)18-6-4-3-5-7-18/h8-11,14-15,18H,3-7,12-13H2,1-2H3,(H,27,31). The minimum Gasteiger partial charge on any atom is -0.408 e. The smallest absolute Gasteiger partial charge is 0.408 e. The molecule has 0 bridgehead atoms. The van der Waals surface area contributed by atoms with Crippen LogP contribution in [0.2, 0.25) is 0 Å². The summed E-state index contributed by atoms with van der Waals surface area (Å²) in [5, 5.41) is 2.83. The molecule has 0 saturated heterocycles. The highest BCUT2D eigenvalue weighted by Crippen LogP contribution is 2.31. The third kappa shape index (κ3) is 4.27. The van der Waals surface area contributed by atoms with Crippen LogP contribution in [0, 0.1) is 0 Å². The summed E-state index contributed by atoms with van der Waals surface area (Å²) >= 11 is 0. The summed E-state index contributed by atoms with van der Waals surface area (Å²) in [6.07, 6.45) is 4.80. The largest absolute Gasteiger partial charge is 0.419 e. The number of imide groups is 1. The Morgan fingerprint density at radius 3 is 2.49 bits per heavy atom. The van der Waals surface area contributed by atoms with Gasteiger partial charge in [0.05, 0.1) is 16.6 Å². The van der Waals surface area contributed by atoms with Gasteiger partial charge in [-0.1, -0.05) is 19.3 Å². The Labute approximate surface area is 202 Å². The first-order valence-electron chi connectivity index (χ1n) is 11.9. The average molecular weight is 477 g/mol. The van der Waals surface area contributed by atoms with E-state index >= 15 is 0 Å². The molecule has 5 rings (SSSR count). The summed E-state index contributed by atoms with van der Waals surface area (Å²) in [4.78, 5) is 54.6. The van der Waals surface area contributed by atoms with E-state index in [9.17, 15) is 19.2 Å². The van der Waals surface area contributed by atoms with Crippen LogP contribution in [0.1, 0.15) is 63.2 Å². The van der Waals surface area contributed by atoms with Crippen LogP contribution < -0.4 is 11.1 Å². The first-order chi connectivity index (χ1) is 16.8. The van der Waals surface area contributed by atoms with Crippen molar-refractivity contribution in [1.82, 2.24) is 14.4 Å². The molecule has 0 unspecified atom stereocenters. The number of carbonyl (C=O) groups is 3. The van der Waals surface area contributed by atoms with Crippen molar-refractivity contribution in [2.75, 3.05) is 26.0 Å². The molecule has 1 N–H and O–H groups in total. The molecule has 2 aliphatic rings. The van der Waals surface area contributed by atoms with E-state index in [2.05, 4.69) is 5.32 Å². The van der Waals surface area contributed by atoms with Crippen molar-refractivity contribution in [1.29, 1.82) is 0 Å². The summed E-state index contributed by atoms with van der Waals surface area (Å²) < 4.78 is 6.84. The van der Waals surface area contributed by atoms with Gasteiger partial charge in [-0.2, -0.15) is 0 Å². The molecule has 1 aliphatic heterocycles. The third-order valence-corrected chi connectivity index (χ3v) is 6.82. The van der Waals surface area contributed by atoms with Gasteiger partial charge in [0.1, 0.15) is 0 Å². The summed E-state index contributed by atoms with van der Waals surface area (Å²) in [5.74, 6) is -1.45. The van der Waals surface area contributed by atoms with Gasteiger partial charge in [0.25, 0.3) is 17.7 Å². The van der Waals surface area contributed by atoms with Gasteiger partial charge in [-0.25, -0.2) is 4.79 Å². The fourth-order valence-electron chi connectivity index (χ4n) is 4.93. The second-order valence-electron chi connectivity index (χ2n) is 9.49. The van der Waals surface area contributed by atoms with E-state index in [-0.39, 0.29) is 29.0 Å². The van der Waals surface area contributed by atoms with Gasteiger partial charge < -0.3 is 14.6 Å². The zero-order valence-electron chi connectivity index (χ0n) is 19.9. The number of fused-ring (bicyclic) bond motifs is 2. The van der Waals surface area contributed by atoms with E-state index in [1.165, 1.54) is 15.5 Å². The summed E-state index contributed by atoms with van der Waals surface area (Å²) in [6.45, 7) is 1.11. The van der Waals surface area contributed by atoms with E-state index in [0.717, 1.165) is 32.1 Å². The minimum atomic E-state index is -0.449. The van der Waals surface area contributed by atoms with Crippen molar-refractivity contribution in [2.45, 2.75) is 44.7 Å². The second-order valence-corrected chi connectivity index (χ2v) is 9.49. The van der Waals surface area contributed by atoms with E-state index in [1.807, 2.05) is 19.0 Å². The second kappa shape index (κ2) is 9.14. The van der Waals surface area contributed by atoms with Crippen LogP contribution in [0.25, 0.3) is 11.1 Å². The fourth-order valence-corrected chi connectivity index (χ4v) is 4.93. The van der Waals surface area contributed by atoms with Crippen LogP contribution in [0.4, 0.5) is 5.69 Å². The molecule has 0 radical (unpaired) electrons. The van der Waals surface area contributed by atoms with Gasteiger partial charge in [-0.05, 0) is 63.3 Å². The van der Waals surface area contributed by atoms with E-state index in [0.29, 0.717) is 35.4 Å². The molecule has 9 nitrogen and oxygen atoms in total. The maximum absolute atomic E-state index is 13.1. The highest BCUT2D eigenvalue weighted by molar-refractivity contribution is 6.22. The zero-order chi connectivity index (χ0) is 24.7. The third-order valence-electron chi connectivity index (χ3n) is 6.82. The van der Waals surface area contributed by atoms with Crippen LogP contribution in [0.15, 0.2) is 45.6 Å².